The van der Waals surface area contributed by atoms with E-state index in [4.69, 9.17) is 46.9 Å². The van der Waals surface area contributed by atoms with Crippen LogP contribution in [0.4, 0.5) is 10.5 Å². The van der Waals surface area contributed by atoms with E-state index in [0.717, 1.165) is 16.7 Å². The van der Waals surface area contributed by atoms with Gasteiger partial charge in [-0.15, -0.1) is 0 Å². The summed E-state index contributed by atoms with van der Waals surface area (Å²) in [6, 6.07) is 30.6. The predicted molar refractivity (Wildman–Crippen MR) is 277 cm³/mol. The Morgan fingerprint density at radius 2 is 1.47 bits per heavy atom. The van der Waals surface area contributed by atoms with Crippen molar-refractivity contribution in [3.63, 3.8) is 0 Å². The Labute approximate surface area is 436 Å². The van der Waals surface area contributed by atoms with E-state index in [0.29, 0.717) is 24.3 Å². The number of nitro groups is 1. The van der Waals surface area contributed by atoms with Crippen LogP contribution in [0.15, 0.2) is 113 Å². The number of hydrogen-bond acceptors (Lipinski definition) is 17. The van der Waals surface area contributed by atoms with Crippen molar-refractivity contribution in [3.8, 4) is 29.1 Å². The van der Waals surface area contributed by atoms with Gasteiger partial charge in [-0.05, 0) is 87.6 Å². The number of amides is 1. The molecule has 6 rings (SSSR count). The predicted octanol–water partition coefficient (Wildman–Crippen LogP) is 8.14. The Balaban J connectivity index is 1.33. The number of nitrogens with one attached hydrogen (secondary N) is 2. The SMILES string of the molecule is COc1ccc(C(OC[C@H]2O[C@@H](n3ccc(=O)[nH]c3=O)[C@H](OCCCCNC(=O)OCc3cc(OC)c(OC)cc3[N+](=O)[O-])[C@@H]2OP(OCCC#N)N(C(C)C)C(C)C)(c2ccccc2)c2ccc(OC)cc2)cc1. The topological polar surface area (TPSA) is 246 Å². The molecule has 2 N–H and O–H groups in total. The third-order valence-electron chi connectivity index (χ3n) is 12.2. The van der Waals surface area contributed by atoms with Gasteiger partial charge in [0.1, 0.15) is 42.0 Å². The number of ether oxygens (including phenoxy) is 8. The zero-order valence-electron chi connectivity index (χ0n) is 43.3. The molecule has 75 heavy (non-hydrogen) atoms. The molecule has 1 unspecified atom stereocenters. The summed E-state index contributed by atoms with van der Waals surface area (Å²) in [7, 11) is 3.98. The van der Waals surface area contributed by atoms with Crippen molar-refractivity contribution in [3.05, 3.63) is 156 Å². The maximum absolute atomic E-state index is 13.7. The Hall–Kier alpha value is -6.89. The van der Waals surface area contributed by atoms with Crippen LogP contribution in [0.1, 0.15) is 75.4 Å². The molecule has 5 atom stereocenters. The summed E-state index contributed by atoms with van der Waals surface area (Å²) in [5.74, 6) is 1.66. The van der Waals surface area contributed by atoms with E-state index in [-0.39, 0.29) is 67.6 Å². The summed E-state index contributed by atoms with van der Waals surface area (Å²) >= 11 is 0. The van der Waals surface area contributed by atoms with Crippen LogP contribution in [0.3, 0.4) is 0 Å². The Kier molecular flexibility index (Phi) is 21.1. The first kappa shape index (κ1) is 57.4. The number of methoxy groups -OCH3 is 4. The number of nitro benzene ring substituents is 1. The van der Waals surface area contributed by atoms with Gasteiger partial charge in [0.2, 0.25) is 0 Å². The number of H-pyrrole nitrogens is 1. The Morgan fingerprint density at radius 1 is 0.853 bits per heavy atom. The molecule has 0 saturated carbocycles. The van der Waals surface area contributed by atoms with Crippen LogP contribution in [-0.2, 0) is 40.2 Å². The summed E-state index contributed by atoms with van der Waals surface area (Å²) in [6.07, 6.45) is -2.84. The average Bonchev–Trinajstić information content (AvgIpc) is 3.75. The highest BCUT2D eigenvalue weighted by Gasteiger charge is 2.51. The van der Waals surface area contributed by atoms with Crippen LogP contribution in [0.5, 0.6) is 23.0 Å². The fourth-order valence-electron chi connectivity index (χ4n) is 8.71. The highest BCUT2D eigenvalue weighted by Crippen LogP contribution is 2.51. The van der Waals surface area contributed by atoms with Crippen LogP contribution < -0.4 is 35.5 Å². The number of rotatable bonds is 28. The number of nitriles is 1. The van der Waals surface area contributed by atoms with Crippen molar-refractivity contribution < 1.29 is 56.7 Å². The van der Waals surface area contributed by atoms with Gasteiger partial charge in [-0.3, -0.25) is 24.5 Å². The zero-order chi connectivity index (χ0) is 54.1. The van der Waals surface area contributed by atoms with Gasteiger partial charge in [-0.1, -0.05) is 54.6 Å². The van der Waals surface area contributed by atoms with Gasteiger partial charge in [0.15, 0.2) is 17.7 Å². The van der Waals surface area contributed by atoms with Crippen LogP contribution in [-0.4, -0.2) is 110 Å². The molecule has 0 aliphatic carbocycles. The van der Waals surface area contributed by atoms with E-state index in [2.05, 4.69) is 21.0 Å². The zero-order valence-corrected chi connectivity index (χ0v) is 44.2. The molecule has 2 heterocycles. The maximum Gasteiger partial charge on any atom is 0.407 e. The second-order valence-electron chi connectivity index (χ2n) is 17.7. The van der Waals surface area contributed by atoms with Gasteiger partial charge in [-0.25, -0.2) is 14.3 Å². The first-order valence-corrected chi connectivity index (χ1v) is 25.4. The molecule has 22 heteroatoms. The summed E-state index contributed by atoms with van der Waals surface area (Å²) in [5, 5.41) is 24.0. The molecule has 0 spiro atoms. The number of alkyl carbamates (subject to hydrolysis) is 1. The number of hydrogen-bond donors (Lipinski definition) is 2. The average molecular weight is 1060 g/mol. The molecule has 1 amide bonds. The summed E-state index contributed by atoms with van der Waals surface area (Å²) < 4.78 is 64.8. The third-order valence-corrected chi connectivity index (χ3v) is 14.3. The monoisotopic (exact) mass is 1060 g/mol. The highest BCUT2D eigenvalue weighted by atomic mass is 31.2. The number of aromatic nitrogens is 2. The minimum absolute atomic E-state index is 0.0634. The van der Waals surface area contributed by atoms with E-state index < -0.39 is 67.5 Å². The van der Waals surface area contributed by atoms with Gasteiger partial charge in [0.05, 0.1) is 70.7 Å². The van der Waals surface area contributed by atoms with E-state index in [1.807, 2.05) is 107 Å². The molecule has 5 aromatic rings. The van der Waals surface area contributed by atoms with E-state index in [9.17, 15) is 29.8 Å². The fourth-order valence-corrected chi connectivity index (χ4v) is 10.5. The second-order valence-corrected chi connectivity index (χ2v) is 19.1. The normalized spacial score (nSPS) is 16.9. The molecule has 1 aliphatic heterocycles. The highest BCUT2D eigenvalue weighted by molar-refractivity contribution is 7.44. The fraction of sp³-hybridized carbons (Fsp3) is 0.434. The van der Waals surface area contributed by atoms with Gasteiger partial charge in [0.25, 0.3) is 19.8 Å². The molecule has 1 aromatic heterocycles. The lowest BCUT2D eigenvalue weighted by Gasteiger charge is -2.39. The minimum atomic E-state index is -1.94. The quantitative estimate of drug-likeness (QED) is 0.0158. The molecule has 1 aliphatic rings. The molecule has 1 fully saturated rings. The smallest absolute Gasteiger partial charge is 0.407 e. The maximum atomic E-state index is 13.7. The third kappa shape index (κ3) is 14.3. The molecular weight excluding hydrogens is 992 g/mol. The number of benzene rings is 4. The standard InChI is InChI=1S/C53H65N6O15P/c1-35(2)58(36(3)4)75(72-30-14-26-54)74-48-46(34-71-53(38-15-10-9-11-16-38,39-17-21-41(65-5)22-18-39)40-19-23-42(66-6)24-20-40)73-50(57-28-25-47(60)56-51(57)61)49(48)69-29-13-12-27-55-52(62)70-33-37-31-44(67-7)45(68-8)32-43(37)59(63)64/h9-11,15-25,28,31-32,35-36,46,48-50H,12-14,27,29-30,33-34H2,1-8H3,(H,55,62)(H,56,60,61)/t46-,48-,49-,50-,75?/m1/s1. The largest absolute Gasteiger partial charge is 0.497 e. The number of aromatic amines is 1. The van der Waals surface area contributed by atoms with Crippen molar-refractivity contribution in [1.82, 2.24) is 19.5 Å². The van der Waals surface area contributed by atoms with Crippen molar-refractivity contribution in [2.24, 2.45) is 0 Å². The van der Waals surface area contributed by atoms with Gasteiger partial charge >= 0.3 is 11.8 Å². The minimum Gasteiger partial charge on any atom is -0.497 e. The number of unbranched alkanes of at least 4 members (excludes halogenated alkanes) is 1. The van der Waals surface area contributed by atoms with Crippen molar-refractivity contribution in [2.45, 2.75) is 95.8 Å². The van der Waals surface area contributed by atoms with Crippen LogP contribution in [0, 0.1) is 21.4 Å². The molecule has 1 saturated heterocycles. The Morgan fingerprint density at radius 3 is 2.03 bits per heavy atom. The molecule has 4 aromatic carbocycles. The first-order valence-electron chi connectivity index (χ1n) is 24.3. The van der Waals surface area contributed by atoms with Gasteiger partial charge in [0, 0.05) is 37.5 Å². The van der Waals surface area contributed by atoms with Gasteiger partial charge < -0.3 is 52.3 Å². The number of carbonyl (C=O) groups is 1. The number of nitrogens with zero attached hydrogens (tertiary/aromatic N) is 4. The molecule has 0 bridgehead atoms. The van der Waals surface area contributed by atoms with Crippen molar-refractivity contribution >= 4 is 20.3 Å². The van der Waals surface area contributed by atoms with E-state index in [1.54, 1.807) is 14.2 Å². The van der Waals surface area contributed by atoms with E-state index >= 15 is 0 Å². The van der Waals surface area contributed by atoms with E-state index in [1.165, 1.54) is 43.2 Å². The second kappa shape index (κ2) is 27.6. The van der Waals surface area contributed by atoms with Crippen molar-refractivity contribution in [2.75, 3.05) is 54.8 Å². The van der Waals surface area contributed by atoms with Crippen LogP contribution in [0.25, 0.3) is 0 Å². The molecule has 402 valence electrons. The number of carbonyl (C=O) groups excluding carboxylic acids is 1. The lowest BCUT2D eigenvalue weighted by atomic mass is 9.80. The van der Waals surface area contributed by atoms with Gasteiger partial charge in [-0.2, -0.15) is 5.26 Å². The summed E-state index contributed by atoms with van der Waals surface area (Å²) in [5.41, 5.74) is -0.573. The molecule has 21 nitrogen and oxygen atoms in total. The van der Waals surface area contributed by atoms with Crippen LogP contribution >= 0.6 is 8.53 Å². The van der Waals surface area contributed by atoms with Crippen molar-refractivity contribution in [1.29, 1.82) is 5.26 Å². The molecule has 0 radical (unpaired) electrons. The Bertz CT molecular complexity index is 2730. The summed E-state index contributed by atoms with van der Waals surface area (Å²) in [6.45, 7) is 7.75. The lowest BCUT2D eigenvalue weighted by molar-refractivity contribution is -0.385. The summed E-state index contributed by atoms with van der Waals surface area (Å²) in [4.78, 5) is 52.5. The first-order chi connectivity index (χ1) is 36.2. The van der Waals surface area contributed by atoms with Crippen LogP contribution in [0.2, 0.25) is 0 Å². The lowest BCUT2D eigenvalue weighted by Crippen LogP contribution is -2.43. The molecular formula is C53H65N6O15P.